The van der Waals surface area contributed by atoms with Crippen LogP contribution in [0.2, 0.25) is 0 Å². The van der Waals surface area contributed by atoms with E-state index in [0.29, 0.717) is 5.56 Å². The molecule has 1 aromatic rings. The molecule has 3 nitrogen and oxygen atoms in total. The number of ether oxygens (including phenoxy) is 1. The number of methoxy groups -OCH3 is 1. The Hall–Kier alpha value is -1.82. The van der Waals surface area contributed by atoms with Gasteiger partial charge >= 0.3 is 5.97 Å². The number of rotatable bonds is 2. The molecule has 14 heavy (non-hydrogen) atoms. The van der Waals surface area contributed by atoms with Crippen LogP contribution in [0.4, 0.5) is 0 Å². The fourth-order valence-corrected chi connectivity index (χ4v) is 1.27. The quantitative estimate of drug-likeness (QED) is 0.664. The molecule has 0 unspecified atom stereocenters. The monoisotopic (exact) mass is 189 g/mol. The van der Waals surface area contributed by atoms with Crippen molar-refractivity contribution < 1.29 is 9.53 Å². The number of hydrogen-bond acceptors (Lipinski definition) is 3. The van der Waals surface area contributed by atoms with E-state index in [2.05, 4.69) is 4.74 Å². The van der Waals surface area contributed by atoms with E-state index in [9.17, 15) is 4.79 Å². The van der Waals surface area contributed by atoms with E-state index < -0.39 is 0 Å². The molecule has 0 aliphatic carbocycles. The number of esters is 1. The highest BCUT2D eigenvalue weighted by molar-refractivity contribution is 5.72. The highest BCUT2D eigenvalue weighted by atomic mass is 16.5. The van der Waals surface area contributed by atoms with E-state index in [1.165, 1.54) is 7.11 Å². The van der Waals surface area contributed by atoms with Crippen molar-refractivity contribution in [1.82, 2.24) is 0 Å². The minimum Gasteiger partial charge on any atom is -0.469 e. The molecule has 0 spiro atoms. The third kappa shape index (κ3) is 2.60. The predicted molar refractivity (Wildman–Crippen MR) is 51.6 cm³/mol. The second kappa shape index (κ2) is 4.43. The average Bonchev–Trinajstić information content (AvgIpc) is 2.16. The van der Waals surface area contributed by atoms with E-state index >= 15 is 0 Å². The molecule has 0 bridgehead atoms. The van der Waals surface area contributed by atoms with E-state index in [0.717, 1.165) is 11.1 Å². The van der Waals surface area contributed by atoms with Gasteiger partial charge < -0.3 is 4.74 Å². The maximum Gasteiger partial charge on any atom is 0.309 e. The van der Waals surface area contributed by atoms with Crippen LogP contribution >= 0.6 is 0 Å². The van der Waals surface area contributed by atoms with Gasteiger partial charge in [0.05, 0.1) is 25.2 Å². The highest BCUT2D eigenvalue weighted by Crippen LogP contribution is 2.09. The van der Waals surface area contributed by atoms with Gasteiger partial charge in [-0.15, -0.1) is 0 Å². The van der Waals surface area contributed by atoms with E-state index in [1.54, 1.807) is 12.1 Å². The van der Waals surface area contributed by atoms with Crippen LogP contribution in [0.15, 0.2) is 18.2 Å². The van der Waals surface area contributed by atoms with Crippen molar-refractivity contribution >= 4 is 5.97 Å². The summed E-state index contributed by atoms with van der Waals surface area (Å²) in [4.78, 5) is 11.0. The molecule has 0 saturated carbocycles. The van der Waals surface area contributed by atoms with Gasteiger partial charge in [0.1, 0.15) is 0 Å². The molecule has 0 fully saturated rings. The van der Waals surface area contributed by atoms with Gasteiger partial charge in [-0.25, -0.2) is 0 Å². The van der Waals surface area contributed by atoms with Crippen LogP contribution in [-0.2, 0) is 16.0 Å². The molecule has 0 saturated heterocycles. The topological polar surface area (TPSA) is 50.1 Å². The summed E-state index contributed by atoms with van der Waals surface area (Å²) in [6.07, 6.45) is 0.215. The lowest BCUT2D eigenvalue weighted by atomic mass is 10.1. The number of nitriles is 1. The predicted octanol–water partition coefficient (Wildman–Crippen LogP) is 1.58. The normalized spacial score (nSPS) is 9.21. The first-order valence-electron chi connectivity index (χ1n) is 4.23. The Morgan fingerprint density at radius 2 is 2.21 bits per heavy atom. The Morgan fingerprint density at radius 3 is 2.79 bits per heavy atom. The molecule has 0 amide bonds. The summed E-state index contributed by atoms with van der Waals surface area (Å²) in [6.45, 7) is 1.89. The van der Waals surface area contributed by atoms with Gasteiger partial charge in [-0.2, -0.15) is 5.26 Å². The van der Waals surface area contributed by atoms with Gasteiger partial charge in [-0.1, -0.05) is 6.07 Å². The third-order valence-corrected chi connectivity index (χ3v) is 1.84. The Balaban J connectivity index is 2.93. The van der Waals surface area contributed by atoms with Crippen molar-refractivity contribution in [2.24, 2.45) is 0 Å². The largest absolute Gasteiger partial charge is 0.469 e. The second-order valence-electron chi connectivity index (χ2n) is 3.07. The van der Waals surface area contributed by atoms with Crippen LogP contribution in [0.25, 0.3) is 0 Å². The number of benzene rings is 1. The van der Waals surface area contributed by atoms with Crippen LogP contribution in [0, 0.1) is 18.3 Å². The molecule has 0 aromatic heterocycles. The number of carbonyl (C=O) groups excluding carboxylic acids is 1. The van der Waals surface area contributed by atoms with Crippen molar-refractivity contribution in [3.63, 3.8) is 0 Å². The molecule has 0 atom stereocenters. The van der Waals surface area contributed by atoms with Crippen molar-refractivity contribution in [3.8, 4) is 6.07 Å². The van der Waals surface area contributed by atoms with Gasteiger partial charge in [0, 0.05) is 0 Å². The Labute approximate surface area is 82.9 Å². The Kier molecular flexibility index (Phi) is 3.24. The fraction of sp³-hybridized carbons (Fsp3) is 0.273. The zero-order valence-corrected chi connectivity index (χ0v) is 8.20. The fourth-order valence-electron chi connectivity index (χ4n) is 1.27. The van der Waals surface area contributed by atoms with Gasteiger partial charge in [0.2, 0.25) is 0 Å². The van der Waals surface area contributed by atoms with Gasteiger partial charge in [-0.05, 0) is 30.2 Å². The van der Waals surface area contributed by atoms with Crippen LogP contribution < -0.4 is 0 Å². The van der Waals surface area contributed by atoms with Crippen LogP contribution in [0.5, 0.6) is 0 Å². The van der Waals surface area contributed by atoms with Gasteiger partial charge in [0.25, 0.3) is 0 Å². The molecule has 1 rings (SSSR count). The van der Waals surface area contributed by atoms with Crippen molar-refractivity contribution in [1.29, 1.82) is 5.26 Å². The van der Waals surface area contributed by atoms with E-state index in [-0.39, 0.29) is 12.4 Å². The molecule has 0 aliphatic rings. The summed E-state index contributed by atoms with van der Waals surface area (Å²) in [6, 6.07) is 7.40. The van der Waals surface area contributed by atoms with Crippen LogP contribution in [-0.4, -0.2) is 13.1 Å². The first kappa shape index (κ1) is 10.3. The van der Waals surface area contributed by atoms with Crippen LogP contribution in [0.3, 0.4) is 0 Å². The molecule has 72 valence electrons. The molecule has 0 N–H and O–H groups in total. The number of hydrogen-bond donors (Lipinski definition) is 0. The zero-order valence-electron chi connectivity index (χ0n) is 8.20. The van der Waals surface area contributed by atoms with Crippen molar-refractivity contribution in [3.05, 3.63) is 34.9 Å². The lowest BCUT2D eigenvalue weighted by Crippen LogP contribution is -2.04. The molecule has 1 aromatic carbocycles. The summed E-state index contributed by atoms with van der Waals surface area (Å²) in [5, 5.41) is 8.71. The summed E-state index contributed by atoms with van der Waals surface area (Å²) >= 11 is 0. The van der Waals surface area contributed by atoms with Crippen molar-refractivity contribution in [2.75, 3.05) is 7.11 Å². The summed E-state index contributed by atoms with van der Waals surface area (Å²) in [5.74, 6) is -0.292. The minimum atomic E-state index is -0.292. The maximum atomic E-state index is 11.0. The summed E-state index contributed by atoms with van der Waals surface area (Å²) in [7, 11) is 1.35. The van der Waals surface area contributed by atoms with Gasteiger partial charge in [-0.3, -0.25) is 4.79 Å². The molecular formula is C11H11NO2. The number of carbonyl (C=O) groups is 1. The van der Waals surface area contributed by atoms with Crippen LogP contribution in [0.1, 0.15) is 16.7 Å². The maximum absolute atomic E-state index is 11.0. The standard InChI is InChI=1S/C11H11NO2/c1-8-3-9(6-11(13)14-2)5-10(4-8)7-12/h3-5H,6H2,1-2H3. The van der Waals surface area contributed by atoms with E-state index in [4.69, 9.17) is 5.26 Å². The SMILES string of the molecule is COC(=O)Cc1cc(C)cc(C#N)c1. The Morgan fingerprint density at radius 1 is 1.50 bits per heavy atom. The number of aryl methyl sites for hydroxylation is 1. The lowest BCUT2D eigenvalue weighted by molar-refractivity contribution is -0.139. The third-order valence-electron chi connectivity index (χ3n) is 1.84. The van der Waals surface area contributed by atoms with Gasteiger partial charge in [0.15, 0.2) is 0 Å². The molecular weight excluding hydrogens is 178 g/mol. The minimum absolute atomic E-state index is 0.215. The second-order valence-corrected chi connectivity index (χ2v) is 3.07. The highest BCUT2D eigenvalue weighted by Gasteiger charge is 2.04. The zero-order chi connectivity index (χ0) is 10.6. The van der Waals surface area contributed by atoms with E-state index in [1.807, 2.05) is 19.1 Å². The summed E-state index contributed by atoms with van der Waals surface area (Å²) < 4.78 is 4.55. The molecule has 0 aliphatic heterocycles. The summed E-state index contributed by atoms with van der Waals surface area (Å²) in [5.41, 5.74) is 2.36. The molecule has 3 heteroatoms. The molecule has 0 radical (unpaired) electrons. The molecule has 0 heterocycles. The smallest absolute Gasteiger partial charge is 0.309 e. The lowest BCUT2D eigenvalue weighted by Gasteiger charge is -2.02. The Bertz CT molecular complexity index is 391. The van der Waals surface area contributed by atoms with Crippen molar-refractivity contribution in [2.45, 2.75) is 13.3 Å². The first-order chi connectivity index (χ1) is 6.65. The first-order valence-corrected chi connectivity index (χ1v) is 4.23. The number of nitrogens with zero attached hydrogens (tertiary/aromatic N) is 1. The average molecular weight is 189 g/mol.